The first kappa shape index (κ1) is 20.4. The zero-order valence-corrected chi connectivity index (χ0v) is 18.1. The van der Waals surface area contributed by atoms with E-state index in [9.17, 15) is 14.4 Å². The van der Waals surface area contributed by atoms with Crippen LogP contribution in [-0.4, -0.2) is 27.3 Å². The van der Waals surface area contributed by atoms with Gasteiger partial charge < -0.3 is 9.88 Å². The normalized spacial score (nSPS) is 12.7. The van der Waals surface area contributed by atoms with Crippen LogP contribution in [0.15, 0.2) is 79.0 Å². The summed E-state index contributed by atoms with van der Waals surface area (Å²) in [4.78, 5) is 44.2. The number of benzene rings is 2. The molecule has 162 valence electrons. The number of carbonyl (C=O) groups excluding carboxylic acids is 3. The van der Waals surface area contributed by atoms with Crippen molar-refractivity contribution in [3.8, 4) is 5.82 Å². The third-order valence-corrected chi connectivity index (χ3v) is 5.71. The Morgan fingerprint density at radius 1 is 0.848 bits per heavy atom. The Labute approximate surface area is 190 Å². The van der Waals surface area contributed by atoms with Gasteiger partial charge in [-0.15, -0.1) is 0 Å². The van der Waals surface area contributed by atoms with E-state index in [-0.39, 0.29) is 17.7 Å². The molecule has 7 heteroatoms. The molecular formula is C26H20N4O3. The van der Waals surface area contributed by atoms with Gasteiger partial charge in [-0.05, 0) is 62.4 Å². The number of hydrogen-bond donors (Lipinski definition) is 1. The van der Waals surface area contributed by atoms with E-state index in [4.69, 9.17) is 0 Å². The van der Waals surface area contributed by atoms with Gasteiger partial charge in [-0.2, -0.15) is 0 Å². The summed E-state index contributed by atoms with van der Waals surface area (Å²) >= 11 is 0. The van der Waals surface area contributed by atoms with Gasteiger partial charge >= 0.3 is 0 Å². The maximum absolute atomic E-state index is 13.1. The van der Waals surface area contributed by atoms with E-state index in [2.05, 4.69) is 10.3 Å². The molecule has 0 spiro atoms. The van der Waals surface area contributed by atoms with Gasteiger partial charge in [-0.3, -0.25) is 14.4 Å². The second-order valence-corrected chi connectivity index (χ2v) is 7.80. The number of aryl methyl sites for hydroxylation is 1. The summed E-state index contributed by atoms with van der Waals surface area (Å²) in [6.07, 6.45) is 1.71. The maximum Gasteiger partial charge on any atom is 0.266 e. The van der Waals surface area contributed by atoms with Crippen LogP contribution in [0.4, 0.5) is 11.4 Å². The predicted octanol–water partition coefficient (Wildman–Crippen LogP) is 4.54. The summed E-state index contributed by atoms with van der Waals surface area (Å²) in [6.45, 7) is 3.78. The third-order valence-electron chi connectivity index (χ3n) is 5.71. The molecule has 1 aliphatic heterocycles. The number of amides is 3. The molecule has 7 nitrogen and oxygen atoms in total. The summed E-state index contributed by atoms with van der Waals surface area (Å²) in [5.41, 5.74) is 3.80. The molecule has 0 aliphatic carbocycles. The lowest BCUT2D eigenvalue weighted by Crippen LogP contribution is -2.29. The number of aromatic nitrogens is 2. The summed E-state index contributed by atoms with van der Waals surface area (Å²) in [6, 6.07) is 20.9. The van der Waals surface area contributed by atoms with Crippen LogP contribution in [0.25, 0.3) is 5.82 Å². The Balaban J connectivity index is 1.42. The molecule has 4 aromatic rings. The Hall–Kier alpha value is -4.52. The number of rotatable bonds is 4. The van der Waals surface area contributed by atoms with Crippen molar-refractivity contribution < 1.29 is 14.4 Å². The van der Waals surface area contributed by atoms with Crippen molar-refractivity contribution in [1.82, 2.24) is 9.55 Å². The van der Waals surface area contributed by atoms with Gasteiger partial charge in [0.25, 0.3) is 17.7 Å². The molecule has 0 unspecified atom stereocenters. The van der Waals surface area contributed by atoms with Crippen LogP contribution in [0.1, 0.15) is 42.5 Å². The number of anilines is 2. The average Bonchev–Trinajstić information content (AvgIpc) is 3.27. The van der Waals surface area contributed by atoms with E-state index in [1.165, 1.54) is 0 Å². The Morgan fingerprint density at radius 2 is 1.55 bits per heavy atom. The van der Waals surface area contributed by atoms with Crippen molar-refractivity contribution >= 4 is 29.1 Å². The Bertz CT molecular complexity index is 1390. The molecule has 0 atom stereocenters. The first-order chi connectivity index (χ1) is 16.0. The maximum atomic E-state index is 13.1. The highest BCUT2D eigenvalue weighted by molar-refractivity contribution is 6.34. The highest BCUT2D eigenvalue weighted by Gasteiger charge is 2.36. The van der Waals surface area contributed by atoms with E-state index in [0.717, 1.165) is 22.1 Å². The summed E-state index contributed by atoms with van der Waals surface area (Å²) < 4.78 is 1.92. The quantitative estimate of drug-likeness (QED) is 0.476. The molecule has 1 N–H and O–H groups in total. The molecule has 2 aromatic carbocycles. The molecular weight excluding hydrogens is 416 g/mol. The largest absolute Gasteiger partial charge is 0.322 e. The van der Waals surface area contributed by atoms with Gasteiger partial charge in [-0.25, -0.2) is 9.88 Å². The number of nitrogens with zero attached hydrogens (tertiary/aromatic N) is 3. The van der Waals surface area contributed by atoms with E-state index in [1.807, 2.05) is 42.7 Å². The number of imide groups is 1. The lowest BCUT2D eigenvalue weighted by Gasteiger charge is -2.15. The van der Waals surface area contributed by atoms with Gasteiger partial charge in [-0.1, -0.05) is 24.3 Å². The van der Waals surface area contributed by atoms with E-state index in [0.29, 0.717) is 28.1 Å². The van der Waals surface area contributed by atoms with Crippen molar-refractivity contribution in [2.24, 2.45) is 0 Å². The number of carbonyl (C=O) groups is 3. The molecule has 0 saturated heterocycles. The fourth-order valence-electron chi connectivity index (χ4n) is 4.18. The van der Waals surface area contributed by atoms with Crippen LogP contribution >= 0.6 is 0 Å². The van der Waals surface area contributed by atoms with Crippen molar-refractivity contribution in [3.63, 3.8) is 0 Å². The van der Waals surface area contributed by atoms with Crippen molar-refractivity contribution in [2.75, 3.05) is 10.2 Å². The standard InChI is InChI=1S/C26H20N4O3/c1-16-14-22(17(2)29(16)23-12-5-6-13-27-23)24(31)28-18-8-7-9-19(15-18)30-25(32)20-10-3-4-11-21(20)26(30)33/h3-15H,1-2H3,(H,28,31). The summed E-state index contributed by atoms with van der Waals surface area (Å²) in [5.74, 6) is -0.306. The van der Waals surface area contributed by atoms with Gasteiger partial charge in [0.15, 0.2) is 0 Å². The van der Waals surface area contributed by atoms with E-state index >= 15 is 0 Å². The molecule has 0 fully saturated rings. The van der Waals surface area contributed by atoms with Crippen LogP contribution in [0.5, 0.6) is 0 Å². The molecule has 33 heavy (non-hydrogen) atoms. The second-order valence-electron chi connectivity index (χ2n) is 7.80. The molecule has 0 saturated carbocycles. The molecule has 1 aliphatic rings. The lowest BCUT2D eigenvalue weighted by molar-refractivity contribution is 0.0925. The lowest BCUT2D eigenvalue weighted by atomic mass is 10.1. The zero-order valence-electron chi connectivity index (χ0n) is 18.1. The number of nitrogens with one attached hydrogen (secondary N) is 1. The van der Waals surface area contributed by atoms with Crippen molar-refractivity contribution in [1.29, 1.82) is 0 Å². The average molecular weight is 436 g/mol. The zero-order chi connectivity index (χ0) is 23.1. The van der Waals surface area contributed by atoms with Crippen LogP contribution < -0.4 is 10.2 Å². The smallest absolute Gasteiger partial charge is 0.266 e. The highest BCUT2D eigenvalue weighted by Crippen LogP contribution is 2.30. The van der Waals surface area contributed by atoms with E-state index in [1.54, 1.807) is 54.7 Å². The first-order valence-electron chi connectivity index (χ1n) is 10.5. The minimum Gasteiger partial charge on any atom is -0.322 e. The predicted molar refractivity (Wildman–Crippen MR) is 125 cm³/mol. The molecule has 3 heterocycles. The first-order valence-corrected chi connectivity index (χ1v) is 10.5. The van der Waals surface area contributed by atoms with Gasteiger partial charge in [0.1, 0.15) is 5.82 Å². The van der Waals surface area contributed by atoms with Gasteiger partial charge in [0.05, 0.1) is 22.4 Å². The van der Waals surface area contributed by atoms with Crippen LogP contribution in [0.3, 0.4) is 0 Å². The van der Waals surface area contributed by atoms with Crippen LogP contribution in [-0.2, 0) is 0 Å². The molecule has 0 radical (unpaired) electrons. The summed E-state index contributed by atoms with van der Waals surface area (Å²) in [5, 5.41) is 2.88. The number of pyridine rings is 1. The number of hydrogen-bond acceptors (Lipinski definition) is 4. The fourth-order valence-corrected chi connectivity index (χ4v) is 4.18. The fraction of sp³-hybridized carbons (Fsp3) is 0.0769. The Morgan fingerprint density at radius 3 is 2.21 bits per heavy atom. The minimum absolute atomic E-state index is 0.287. The van der Waals surface area contributed by atoms with Crippen molar-refractivity contribution in [3.05, 3.63) is 107 Å². The van der Waals surface area contributed by atoms with Crippen LogP contribution in [0.2, 0.25) is 0 Å². The third kappa shape index (κ3) is 3.40. The molecule has 5 rings (SSSR count). The SMILES string of the molecule is Cc1cc(C(=O)Nc2cccc(N3C(=O)c4ccccc4C3=O)c2)c(C)n1-c1ccccn1. The van der Waals surface area contributed by atoms with Crippen LogP contribution in [0, 0.1) is 13.8 Å². The van der Waals surface area contributed by atoms with Gasteiger partial charge in [0, 0.05) is 23.3 Å². The molecule has 2 aromatic heterocycles. The highest BCUT2D eigenvalue weighted by atomic mass is 16.2. The molecule has 3 amide bonds. The second kappa shape index (κ2) is 7.87. The van der Waals surface area contributed by atoms with Crippen molar-refractivity contribution in [2.45, 2.75) is 13.8 Å². The molecule has 0 bridgehead atoms. The van der Waals surface area contributed by atoms with E-state index < -0.39 is 0 Å². The monoisotopic (exact) mass is 436 g/mol. The minimum atomic E-state index is -0.377. The Kier molecular flexibility index (Phi) is 4.86. The summed E-state index contributed by atoms with van der Waals surface area (Å²) in [7, 11) is 0. The number of fused-ring (bicyclic) bond motifs is 1. The topological polar surface area (TPSA) is 84.3 Å². The van der Waals surface area contributed by atoms with Gasteiger partial charge in [0.2, 0.25) is 0 Å².